The molecular weight excluding hydrogens is 304 g/mol. The van der Waals surface area contributed by atoms with E-state index in [0.717, 1.165) is 22.3 Å². The Morgan fingerprint density at radius 2 is 1.60 bits per heavy atom. The first-order valence-electron chi connectivity index (χ1n) is 8.87. The fourth-order valence-corrected chi connectivity index (χ4v) is 3.58. The van der Waals surface area contributed by atoms with Crippen LogP contribution in [0.25, 0.3) is 10.9 Å². The van der Waals surface area contributed by atoms with Crippen molar-refractivity contribution >= 4 is 16.6 Å². The Balaban J connectivity index is 1.98. The Kier molecular flexibility index (Phi) is 3.37. The van der Waals surface area contributed by atoms with Crippen LogP contribution in [0.5, 0.6) is 0 Å². The highest BCUT2D eigenvalue weighted by Crippen LogP contribution is 2.44. The van der Waals surface area contributed by atoms with Crippen LogP contribution in [0.3, 0.4) is 0 Å². The van der Waals surface area contributed by atoms with Crippen molar-refractivity contribution < 1.29 is 0 Å². The lowest BCUT2D eigenvalue weighted by Crippen LogP contribution is -2.46. The number of aromatic nitrogens is 1. The van der Waals surface area contributed by atoms with Gasteiger partial charge in [-0.2, -0.15) is 0 Å². The van der Waals surface area contributed by atoms with Crippen molar-refractivity contribution in [3.05, 3.63) is 77.0 Å². The second-order valence-corrected chi connectivity index (χ2v) is 8.08. The predicted octanol–water partition coefficient (Wildman–Crippen LogP) is 5.45. The molecule has 0 fully saturated rings. The van der Waals surface area contributed by atoms with Crippen LogP contribution in [0.1, 0.15) is 50.1 Å². The molecular formula is C23H24N2. The van der Waals surface area contributed by atoms with Gasteiger partial charge in [0.1, 0.15) is 0 Å². The van der Waals surface area contributed by atoms with Gasteiger partial charge in [0.25, 0.3) is 0 Å². The summed E-state index contributed by atoms with van der Waals surface area (Å²) < 4.78 is 0. The van der Waals surface area contributed by atoms with Gasteiger partial charge in [-0.3, -0.25) is 4.99 Å². The van der Waals surface area contributed by atoms with Crippen LogP contribution >= 0.6 is 0 Å². The first kappa shape index (κ1) is 16.0. The van der Waals surface area contributed by atoms with Gasteiger partial charge in [0.05, 0.1) is 22.5 Å². The highest BCUT2D eigenvalue weighted by molar-refractivity contribution is 6.14. The number of pyridine rings is 1. The van der Waals surface area contributed by atoms with Crippen molar-refractivity contribution in [3.8, 4) is 0 Å². The number of nitrogens with zero attached hydrogens (tertiary/aromatic N) is 2. The van der Waals surface area contributed by atoms with E-state index in [4.69, 9.17) is 9.98 Å². The molecule has 1 aliphatic rings. The average Bonchev–Trinajstić information content (AvgIpc) is 2.58. The Hall–Kier alpha value is -2.48. The van der Waals surface area contributed by atoms with Crippen molar-refractivity contribution in [2.24, 2.45) is 4.99 Å². The van der Waals surface area contributed by atoms with Crippen LogP contribution in [0.4, 0.5) is 0 Å². The maximum absolute atomic E-state index is 5.17. The van der Waals surface area contributed by atoms with Gasteiger partial charge >= 0.3 is 0 Å². The Morgan fingerprint density at radius 3 is 2.40 bits per heavy atom. The maximum Gasteiger partial charge on any atom is 0.0913 e. The lowest BCUT2D eigenvalue weighted by Gasteiger charge is -2.44. The summed E-state index contributed by atoms with van der Waals surface area (Å²) in [6, 6.07) is 19.2. The van der Waals surface area contributed by atoms with Gasteiger partial charge in [-0.05, 0) is 38.5 Å². The van der Waals surface area contributed by atoms with E-state index in [-0.39, 0.29) is 11.0 Å². The second kappa shape index (κ2) is 5.26. The number of hydrogen-bond donors (Lipinski definition) is 0. The molecule has 25 heavy (non-hydrogen) atoms. The largest absolute Gasteiger partial charge is 0.275 e. The van der Waals surface area contributed by atoms with Crippen molar-refractivity contribution in [2.45, 2.75) is 45.6 Å². The van der Waals surface area contributed by atoms with E-state index in [1.807, 2.05) is 12.1 Å². The summed E-state index contributed by atoms with van der Waals surface area (Å²) in [5.41, 5.74) is 6.59. The number of aliphatic imine (C=N–C) groups is 1. The second-order valence-electron chi connectivity index (χ2n) is 8.08. The fraction of sp³-hybridized carbons (Fsp3) is 0.304. The van der Waals surface area contributed by atoms with Gasteiger partial charge in [0, 0.05) is 16.4 Å². The van der Waals surface area contributed by atoms with E-state index >= 15 is 0 Å². The SMILES string of the molecule is Cc1ccc2c(c1)C(C)(C)C(C)(C)N=C2c1ccc2ccccc2n1. The van der Waals surface area contributed by atoms with Gasteiger partial charge in [-0.1, -0.05) is 61.9 Å². The molecule has 0 N–H and O–H groups in total. The summed E-state index contributed by atoms with van der Waals surface area (Å²) in [6.07, 6.45) is 0. The highest BCUT2D eigenvalue weighted by atomic mass is 14.9. The molecule has 2 nitrogen and oxygen atoms in total. The highest BCUT2D eigenvalue weighted by Gasteiger charge is 2.44. The monoisotopic (exact) mass is 328 g/mol. The summed E-state index contributed by atoms with van der Waals surface area (Å²) in [7, 11) is 0. The van der Waals surface area contributed by atoms with Gasteiger partial charge in [0.2, 0.25) is 0 Å². The van der Waals surface area contributed by atoms with Gasteiger partial charge in [-0.25, -0.2) is 4.98 Å². The summed E-state index contributed by atoms with van der Waals surface area (Å²) in [6.45, 7) is 11.2. The van der Waals surface area contributed by atoms with Crippen molar-refractivity contribution in [1.29, 1.82) is 0 Å². The molecule has 0 amide bonds. The third-order valence-corrected chi connectivity index (χ3v) is 5.87. The van der Waals surface area contributed by atoms with Gasteiger partial charge in [-0.15, -0.1) is 0 Å². The fourth-order valence-electron chi connectivity index (χ4n) is 3.58. The molecule has 126 valence electrons. The summed E-state index contributed by atoms with van der Waals surface area (Å²) in [4.78, 5) is 10.1. The third-order valence-electron chi connectivity index (χ3n) is 5.87. The number of para-hydroxylation sites is 1. The van der Waals surface area contributed by atoms with E-state index < -0.39 is 0 Å². The van der Waals surface area contributed by atoms with Gasteiger partial charge in [0.15, 0.2) is 0 Å². The molecule has 2 heteroatoms. The Labute approximate surface area is 149 Å². The first-order valence-corrected chi connectivity index (χ1v) is 8.87. The molecule has 4 rings (SSSR count). The van der Waals surface area contributed by atoms with Crippen LogP contribution in [-0.2, 0) is 5.41 Å². The molecule has 2 aromatic carbocycles. The molecule has 2 heterocycles. The molecule has 0 saturated heterocycles. The van der Waals surface area contributed by atoms with Crippen LogP contribution in [0.2, 0.25) is 0 Å². The van der Waals surface area contributed by atoms with Crippen LogP contribution in [0.15, 0.2) is 59.6 Å². The topological polar surface area (TPSA) is 25.2 Å². The lowest BCUT2D eigenvalue weighted by atomic mass is 9.65. The quantitative estimate of drug-likeness (QED) is 0.583. The molecule has 1 aromatic heterocycles. The molecule has 3 aromatic rings. The molecule has 0 saturated carbocycles. The van der Waals surface area contributed by atoms with Crippen molar-refractivity contribution in [3.63, 3.8) is 0 Å². The van der Waals surface area contributed by atoms with Crippen LogP contribution in [0, 0.1) is 6.92 Å². The zero-order valence-electron chi connectivity index (χ0n) is 15.6. The smallest absolute Gasteiger partial charge is 0.0913 e. The van der Waals surface area contributed by atoms with Crippen LogP contribution in [-0.4, -0.2) is 16.2 Å². The Morgan fingerprint density at radius 1 is 0.840 bits per heavy atom. The molecule has 0 unspecified atom stereocenters. The summed E-state index contributed by atoms with van der Waals surface area (Å²) >= 11 is 0. The van der Waals surface area contributed by atoms with E-state index in [0.29, 0.717) is 0 Å². The minimum absolute atomic E-state index is 0.0330. The minimum Gasteiger partial charge on any atom is -0.275 e. The minimum atomic E-state index is -0.198. The number of hydrogen-bond acceptors (Lipinski definition) is 2. The number of aryl methyl sites for hydroxylation is 1. The molecule has 0 atom stereocenters. The number of rotatable bonds is 1. The normalized spacial score (nSPS) is 17.9. The summed E-state index contributed by atoms with van der Waals surface area (Å²) in [5, 5.41) is 1.16. The zero-order chi connectivity index (χ0) is 17.8. The van der Waals surface area contributed by atoms with Gasteiger partial charge < -0.3 is 0 Å². The predicted molar refractivity (Wildman–Crippen MR) is 106 cm³/mol. The molecule has 0 spiro atoms. The van der Waals surface area contributed by atoms with E-state index in [1.54, 1.807) is 0 Å². The van der Waals surface area contributed by atoms with Crippen molar-refractivity contribution in [2.75, 3.05) is 0 Å². The maximum atomic E-state index is 5.17. The van der Waals surface area contributed by atoms with E-state index in [2.05, 4.69) is 77.1 Å². The summed E-state index contributed by atoms with van der Waals surface area (Å²) in [5.74, 6) is 0. The average molecular weight is 328 g/mol. The van der Waals surface area contributed by atoms with E-state index in [1.165, 1.54) is 16.7 Å². The van der Waals surface area contributed by atoms with Crippen molar-refractivity contribution in [1.82, 2.24) is 4.98 Å². The number of fused-ring (bicyclic) bond motifs is 2. The van der Waals surface area contributed by atoms with E-state index in [9.17, 15) is 0 Å². The Bertz CT molecular complexity index is 1010. The third kappa shape index (κ3) is 2.39. The number of benzene rings is 2. The molecule has 1 aliphatic heterocycles. The molecule has 0 radical (unpaired) electrons. The molecule has 0 aliphatic carbocycles. The first-order chi connectivity index (χ1) is 11.8. The zero-order valence-corrected chi connectivity index (χ0v) is 15.6. The standard InChI is InChI=1S/C23H24N2/c1-15-10-12-17-18(14-15)22(2,3)23(4,5)25-21(17)20-13-11-16-8-6-7-9-19(16)24-20/h6-14H,1-5H3. The molecule has 0 bridgehead atoms. The van der Waals surface area contributed by atoms with Crippen LogP contribution < -0.4 is 0 Å². The lowest BCUT2D eigenvalue weighted by molar-refractivity contribution is 0.303.